The van der Waals surface area contributed by atoms with Crippen molar-refractivity contribution in [2.45, 2.75) is 38.7 Å². The predicted octanol–water partition coefficient (Wildman–Crippen LogP) is 4.64. The number of nitrogen functional groups attached to an aromatic ring is 1. The molecule has 0 radical (unpaired) electrons. The SMILES string of the molecule is CCc1ncnc(-c2cc(Cl)c(C(=O)N3CCC(C)(O)CC3)c(Cl)c2)c1-c1ccc(N)nc1. The van der Waals surface area contributed by atoms with E-state index in [4.69, 9.17) is 28.9 Å². The Hall–Kier alpha value is -2.74. The topological polar surface area (TPSA) is 105 Å². The highest BCUT2D eigenvalue weighted by atomic mass is 35.5. The summed E-state index contributed by atoms with van der Waals surface area (Å²) in [5.74, 6) is 0.176. The van der Waals surface area contributed by atoms with E-state index in [9.17, 15) is 9.90 Å². The molecular weight excluding hydrogens is 461 g/mol. The monoisotopic (exact) mass is 485 g/mol. The van der Waals surface area contributed by atoms with E-state index in [1.807, 2.05) is 13.0 Å². The second-order valence-corrected chi connectivity index (χ2v) is 9.29. The summed E-state index contributed by atoms with van der Waals surface area (Å²) in [6, 6.07) is 7.01. The van der Waals surface area contributed by atoms with Crippen LogP contribution in [0.25, 0.3) is 22.4 Å². The standard InChI is InChI=1S/C24H25Cl2N5O2/c1-3-18-20(14-4-5-19(27)28-12-14)22(30-13-29-18)15-10-16(25)21(17(26)11-15)23(32)31-8-6-24(2,33)7-9-31/h4-5,10-13,33H,3,6-9H2,1-2H3,(H2,27,28). The fraction of sp³-hybridized carbons (Fsp3) is 0.333. The summed E-state index contributed by atoms with van der Waals surface area (Å²) in [5, 5.41) is 10.7. The average Bonchev–Trinajstić information content (AvgIpc) is 2.78. The summed E-state index contributed by atoms with van der Waals surface area (Å²) in [7, 11) is 0. The molecule has 2 aromatic heterocycles. The molecule has 0 spiro atoms. The Bertz CT molecular complexity index is 1160. The molecule has 1 amide bonds. The highest BCUT2D eigenvalue weighted by molar-refractivity contribution is 6.40. The number of pyridine rings is 1. The molecule has 1 aromatic carbocycles. The van der Waals surface area contributed by atoms with E-state index in [-0.39, 0.29) is 21.5 Å². The second-order valence-electron chi connectivity index (χ2n) is 8.47. The summed E-state index contributed by atoms with van der Waals surface area (Å²) >= 11 is 13.2. The van der Waals surface area contributed by atoms with Crippen LogP contribution < -0.4 is 5.73 Å². The first-order chi connectivity index (χ1) is 15.7. The zero-order chi connectivity index (χ0) is 23.8. The van der Waals surface area contributed by atoms with Crippen LogP contribution in [0.15, 0.2) is 36.8 Å². The van der Waals surface area contributed by atoms with Gasteiger partial charge in [-0.3, -0.25) is 4.79 Å². The Labute approximate surface area is 202 Å². The van der Waals surface area contributed by atoms with Crippen LogP contribution >= 0.6 is 23.2 Å². The highest BCUT2D eigenvalue weighted by Crippen LogP contribution is 2.38. The van der Waals surface area contributed by atoms with Crippen molar-refractivity contribution in [1.82, 2.24) is 19.9 Å². The third-order valence-electron chi connectivity index (χ3n) is 5.99. The van der Waals surface area contributed by atoms with E-state index in [0.29, 0.717) is 49.4 Å². The van der Waals surface area contributed by atoms with Crippen molar-refractivity contribution in [3.8, 4) is 22.4 Å². The molecule has 7 nitrogen and oxygen atoms in total. The number of amides is 1. The number of nitrogens with two attached hydrogens (primary N) is 1. The number of rotatable bonds is 4. The smallest absolute Gasteiger partial charge is 0.256 e. The number of piperidine rings is 1. The van der Waals surface area contributed by atoms with E-state index in [1.54, 1.807) is 36.2 Å². The predicted molar refractivity (Wildman–Crippen MR) is 130 cm³/mol. The number of carbonyl (C=O) groups is 1. The van der Waals surface area contributed by atoms with Gasteiger partial charge < -0.3 is 15.7 Å². The summed E-state index contributed by atoms with van der Waals surface area (Å²) in [6.07, 6.45) is 4.88. The molecule has 33 heavy (non-hydrogen) atoms. The molecule has 3 heterocycles. The van der Waals surface area contributed by atoms with Gasteiger partial charge in [0.15, 0.2) is 0 Å². The molecule has 0 aliphatic carbocycles. The molecule has 0 unspecified atom stereocenters. The molecule has 0 saturated carbocycles. The first-order valence-corrected chi connectivity index (χ1v) is 11.5. The number of likely N-dealkylation sites (tertiary alicyclic amines) is 1. The van der Waals surface area contributed by atoms with E-state index >= 15 is 0 Å². The molecule has 1 aliphatic heterocycles. The maximum absolute atomic E-state index is 13.2. The lowest BCUT2D eigenvalue weighted by atomic mass is 9.93. The van der Waals surface area contributed by atoms with Gasteiger partial charge in [-0.25, -0.2) is 15.0 Å². The Kier molecular flexibility index (Phi) is 6.56. The van der Waals surface area contributed by atoms with Crippen LogP contribution in [0.2, 0.25) is 10.0 Å². The van der Waals surface area contributed by atoms with Gasteiger partial charge in [0.2, 0.25) is 0 Å². The van der Waals surface area contributed by atoms with Gasteiger partial charge in [0.1, 0.15) is 12.1 Å². The molecule has 3 N–H and O–H groups in total. The van der Waals surface area contributed by atoms with Crippen LogP contribution in [0.3, 0.4) is 0 Å². The van der Waals surface area contributed by atoms with E-state index in [2.05, 4.69) is 15.0 Å². The lowest BCUT2D eigenvalue weighted by Gasteiger charge is -2.36. The zero-order valence-corrected chi connectivity index (χ0v) is 20.0. The average molecular weight is 486 g/mol. The van der Waals surface area contributed by atoms with Crippen LogP contribution in [-0.4, -0.2) is 49.6 Å². The molecule has 172 valence electrons. The van der Waals surface area contributed by atoms with Crippen molar-refractivity contribution in [2.75, 3.05) is 18.8 Å². The quantitative estimate of drug-likeness (QED) is 0.557. The number of aliphatic hydroxyl groups is 1. The molecule has 1 aliphatic rings. The van der Waals surface area contributed by atoms with Gasteiger partial charge in [-0.2, -0.15) is 0 Å². The Morgan fingerprint density at radius 3 is 2.36 bits per heavy atom. The molecular formula is C24H25Cl2N5O2. The minimum Gasteiger partial charge on any atom is -0.390 e. The lowest BCUT2D eigenvalue weighted by Crippen LogP contribution is -2.45. The number of hydrogen-bond donors (Lipinski definition) is 2. The first kappa shape index (κ1) is 23.4. The van der Waals surface area contributed by atoms with Gasteiger partial charge in [0, 0.05) is 36.0 Å². The lowest BCUT2D eigenvalue weighted by molar-refractivity contribution is -0.00201. The van der Waals surface area contributed by atoms with Crippen molar-refractivity contribution in [3.05, 3.63) is 58.1 Å². The van der Waals surface area contributed by atoms with Crippen molar-refractivity contribution < 1.29 is 9.90 Å². The summed E-state index contributed by atoms with van der Waals surface area (Å²) in [5.41, 5.74) is 9.06. The van der Waals surface area contributed by atoms with E-state index < -0.39 is 5.60 Å². The second kappa shape index (κ2) is 9.25. The van der Waals surface area contributed by atoms with Crippen molar-refractivity contribution in [3.63, 3.8) is 0 Å². The molecule has 3 aromatic rings. The van der Waals surface area contributed by atoms with Crippen LogP contribution in [-0.2, 0) is 6.42 Å². The van der Waals surface area contributed by atoms with Crippen LogP contribution in [0, 0.1) is 0 Å². The molecule has 0 atom stereocenters. The van der Waals surface area contributed by atoms with E-state index in [0.717, 1.165) is 16.8 Å². The number of aromatic nitrogens is 3. The summed E-state index contributed by atoms with van der Waals surface area (Å²) < 4.78 is 0. The summed E-state index contributed by atoms with van der Waals surface area (Å²) in [4.78, 5) is 28.0. The number of anilines is 1. The maximum atomic E-state index is 13.2. The number of nitrogens with zero attached hydrogens (tertiary/aromatic N) is 4. The number of aryl methyl sites for hydroxylation is 1. The number of benzene rings is 1. The number of halogens is 2. The van der Waals surface area contributed by atoms with Gasteiger partial charge in [-0.05, 0) is 50.5 Å². The van der Waals surface area contributed by atoms with Crippen molar-refractivity contribution >= 4 is 34.9 Å². The maximum Gasteiger partial charge on any atom is 0.256 e. The molecule has 1 saturated heterocycles. The third kappa shape index (κ3) is 4.81. The highest BCUT2D eigenvalue weighted by Gasteiger charge is 2.31. The van der Waals surface area contributed by atoms with Gasteiger partial charge >= 0.3 is 0 Å². The van der Waals surface area contributed by atoms with Crippen LogP contribution in [0.5, 0.6) is 0 Å². The van der Waals surface area contributed by atoms with Gasteiger partial charge in [-0.1, -0.05) is 30.1 Å². The first-order valence-electron chi connectivity index (χ1n) is 10.8. The fourth-order valence-corrected chi connectivity index (χ4v) is 4.68. The third-order valence-corrected chi connectivity index (χ3v) is 6.59. The minimum absolute atomic E-state index is 0.244. The largest absolute Gasteiger partial charge is 0.390 e. The zero-order valence-electron chi connectivity index (χ0n) is 18.5. The van der Waals surface area contributed by atoms with Gasteiger partial charge in [-0.15, -0.1) is 0 Å². The van der Waals surface area contributed by atoms with Crippen LogP contribution in [0.4, 0.5) is 5.82 Å². The van der Waals surface area contributed by atoms with Gasteiger partial charge in [0.05, 0.1) is 32.6 Å². The Morgan fingerprint density at radius 2 is 1.79 bits per heavy atom. The summed E-state index contributed by atoms with van der Waals surface area (Å²) in [6.45, 7) is 4.68. The number of hydrogen-bond acceptors (Lipinski definition) is 6. The number of carbonyl (C=O) groups excluding carboxylic acids is 1. The van der Waals surface area contributed by atoms with Crippen molar-refractivity contribution in [1.29, 1.82) is 0 Å². The normalized spacial score (nSPS) is 15.5. The van der Waals surface area contributed by atoms with Gasteiger partial charge in [0.25, 0.3) is 5.91 Å². The molecule has 4 rings (SSSR count). The Morgan fingerprint density at radius 1 is 1.12 bits per heavy atom. The van der Waals surface area contributed by atoms with E-state index in [1.165, 1.54) is 6.33 Å². The Balaban J connectivity index is 1.75. The van der Waals surface area contributed by atoms with Crippen molar-refractivity contribution in [2.24, 2.45) is 0 Å². The molecule has 1 fully saturated rings. The molecule has 0 bridgehead atoms. The fourth-order valence-electron chi connectivity index (χ4n) is 4.03. The van der Waals surface area contributed by atoms with Crippen LogP contribution in [0.1, 0.15) is 42.7 Å². The molecule has 9 heteroatoms. The minimum atomic E-state index is -0.758.